The SMILES string of the molecule is O=C(Cc1nnnn1CCc1ccccc1)NCc1cccnc1. The first-order valence-corrected chi connectivity index (χ1v) is 7.76. The number of nitrogens with zero attached hydrogens (tertiary/aromatic N) is 5. The van der Waals surface area contributed by atoms with Gasteiger partial charge in [-0.25, -0.2) is 4.68 Å². The highest BCUT2D eigenvalue weighted by Crippen LogP contribution is 2.03. The number of benzene rings is 1. The zero-order valence-corrected chi connectivity index (χ0v) is 13.2. The highest BCUT2D eigenvalue weighted by atomic mass is 16.1. The fourth-order valence-electron chi connectivity index (χ4n) is 2.31. The normalized spacial score (nSPS) is 10.5. The van der Waals surface area contributed by atoms with E-state index >= 15 is 0 Å². The molecule has 3 rings (SSSR count). The maximum Gasteiger partial charge on any atom is 0.227 e. The molecule has 0 unspecified atom stereocenters. The van der Waals surface area contributed by atoms with Crippen LogP contribution < -0.4 is 5.32 Å². The molecule has 2 heterocycles. The van der Waals surface area contributed by atoms with Gasteiger partial charge in [0.2, 0.25) is 5.91 Å². The molecule has 1 amide bonds. The van der Waals surface area contributed by atoms with Gasteiger partial charge in [-0.15, -0.1) is 5.10 Å². The first-order valence-electron chi connectivity index (χ1n) is 7.76. The van der Waals surface area contributed by atoms with Gasteiger partial charge in [-0.05, 0) is 34.0 Å². The lowest BCUT2D eigenvalue weighted by molar-refractivity contribution is -0.120. The molecule has 122 valence electrons. The summed E-state index contributed by atoms with van der Waals surface area (Å²) in [7, 11) is 0. The molecule has 0 spiro atoms. The third-order valence-electron chi connectivity index (χ3n) is 3.59. The Balaban J connectivity index is 1.52. The van der Waals surface area contributed by atoms with Gasteiger partial charge >= 0.3 is 0 Å². The molecule has 0 atom stereocenters. The van der Waals surface area contributed by atoms with Gasteiger partial charge in [0, 0.05) is 25.5 Å². The summed E-state index contributed by atoms with van der Waals surface area (Å²) in [6.45, 7) is 1.08. The first kappa shape index (κ1) is 15.8. The first-order chi connectivity index (χ1) is 11.8. The summed E-state index contributed by atoms with van der Waals surface area (Å²) in [6.07, 6.45) is 4.40. The zero-order chi connectivity index (χ0) is 16.6. The molecular weight excluding hydrogens is 304 g/mol. The Morgan fingerprint density at radius 1 is 1.08 bits per heavy atom. The molecule has 3 aromatic rings. The number of hydrogen-bond donors (Lipinski definition) is 1. The molecule has 1 N–H and O–H groups in total. The van der Waals surface area contributed by atoms with Crippen molar-refractivity contribution >= 4 is 5.91 Å². The second-order valence-corrected chi connectivity index (χ2v) is 5.37. The van der Waals surface area contributed by atoms with Crippen molar-refractivity contribution < 1.29 is 4.79 Å². The van der Waals surface area contributed by atoms with Crippen LogP contribution in [0.5, 0.6) is 0 Å². The Bertz CT molecular complexity index is 772. The van der Waals surface area contributed by atoms with Crippen LogP contribution in [0.1, 0.15) is 17.0 Å². The second-order valence-electron chi connectivity index (χ2n) is 5.37. The number of pyridine rings is 1. The average molecular weight is 322 g/mol. The lowest BCUT2D eigenvalue weighted by atomic mass is 10.1. The van der Waals surface area contributed by atoms with Gasteiger partial charge in [-0.1, -0.05) is 36.4 Å². The smallest absolute Gasteiger partial charge is 0.227 e. The number of carbonyl (C=O) groups excluding carboxylic acids is 1. The molecule has 1 aromatic carbocycles. The molecule has 0 radical (unpaired) electrons. The molecule has 0 aliphatic carbocycles. The van der Waals surface area contributed by atoms with Crippen molar-refractivity contribution in [3.05, 3.63) is 71.8 Å². The number of amides is 1. The van der Waals surface area contributed by atoms with Gasteiger partial charge in [0.05, 0.1) is 6.42 Å². The van der Waals surface area contributed by atoms with Gasteiger partial charge in [0.1, 0.15) is 0 Å². The van der Waals surface area contributed by atoms with Crippen LogP contribution in [0.4, 0.5) is 0 Å². The number of hydrogen-bond acceptors (Lipinski definition) is 5. The lowest BCUT2D eigenvalue weighted by Gasteiger charge is -2.06. The minimum Gasteiger partial charge on any atom is -0.352 e. The second kappa shape index (κ2) is 7.96. The molecule has 7 heteroatoms. The molecular formula is C17H18N6O. The highest BCUT2D eigenvalue weighted by molar-refractivity contribution is 5.77. The van der Waals surface area contributed by atoms with Crippen molar-refractivity contribution in [1.29, 1.82) is 0 Å². The summed E-state index contributed by atoms with van der Waals surface area (Å²) in [6, 6.07) is 13.9. The summed E-state index contributed by atoms with van der Waals surface area (Å²) in [5.41, 5.74) is 2.16. The summed E-state index contributed by atoms with van der Waals surface area (Å²) >= 11 is 0. The van der Waals surface area contributed by atoms with Gasteiger partial charge < -0.3 is 5.32 Å². The third-order valence-corrected chi connectivity index (χ3v) is 3.59. The number of tetrazole rings is 1. The average Bonchev–Trinajstić information content (AvgIpc) is 3.07. The molecule has 0 bridgehead atoms. The van der Waals surface area contributed by atoms with E-state index in [2.05, 4.69) is 38.0 Å². The summed E-state index contributed by atoms with van der Waals surface area (Å²) in [5.74, 6) is 0.448. The van der Waals surface area contributed by atoms with E-state index in [9.17, 15) is 4.79 Å². The van der Waals surface area contributed by atoms with Crippen molar-refractivity contribution in [2.45, 2.75) is 25.9 Å². The van der Waals surface area contributed by atoms with Crippen LogP contribution >= 0.6 is 0 Å². The van der Waals surface area contributed by atoms with E-state index in [1.54, 1.807) is 17.1 Å². The predicted molar refractivity (Wildman–Crippen MR) is 87.8 cm³/mol. The Labute approximate surface area is 139 Å². The molecule has 0 fully saturated rings. The van der Waals surface area contributed by atoms with E-state index < -0.39 is 0 Å². The van der Waals surface area contributed by atoms with E-state index in [1.165, 1.54) is 5.56 Å². The van der Waals surface area contributed by atoms with Crippen molar-refractivity contribution in [3.63, 3.8) is 0 Å². The molecule has 0 aliphatic rings. The Hall–Kier alpha value is -3.09. The lowest BCUT2D eigenvalue weighted by Crippen LogP contribution is -2.26. The maximum atomic E-state index is 12.1. The van der Waals surface area contributed by atoms with E-state index in [-0.39, 0.29) is 12.3 Å². The van der Waals surface area contributed by atoms with Crippen molar-refractivity contribution in [3.8, 4) is 0 Å². The highest BCUT2D eigenvalue weighted by Gasteiger charge is 2.11. The van der Waals surface area contributed by atoms with E-state index in [4.69, 9.17) is 0 Å². The van der Waals surface area contributed by atoms with Gasteiger partial charge in [-0.3, -0.25) is 9.78 Å². The summed E-state index contributed by atoms with van der Waals surface area (Å²) in [5, 5.41) is 14.4. The minimum absolute atomic E-state index is 0.116. The topological polar surface area (TPSA) is 85.6 Å². The molecule has 7 nitrogen and oxygen atoms in total. The standard InChI is InChI=1S/C17H18N6O/c24-17(19-13-15-7-4-9-18-12-15)11-16-20-21-22-23(16)10-8-14-5-2-1-3-6-14/h1-7,9,12H,8,10-11,13H2,(H,19,24). The Morgan fingerprint density at radius 3 is 2.71 bits per heavy atom. The van der Waals surface area contributed by atoms with Crippen LogP contribution in [-0.2, 0) is 30.7 Å². The van der Waals surface area contributed by atoms with E-state index in [0.717, 1.165) is 12.0 Å². The van der Waals surface area contributed by atoms with Gasteiger partial charge in [0.15, 0.2) is 5.82 Å². The van der Waals surface area contributed by atoms with Gasteiger partial charge in [-0.2, -0.15) is 0 Å². The van der Waals surface area contributed by atoms with Crippen LogP contribution in [0.3, 0.4) is 0 Å². The molecule has 0 saturated heterocycles. The van der Waals surface area contributed by atoms with Crippen LogP contribution in [0.25, 0.3) is 0 Å². The quantitative estimate of drug-likeness (QED) is 0.706. The van der Waals surface area contributed by atoms with Crippen LogP contribution in [0, 0.1) is 0 Å². The molecule has 24 heavy (non-hydrogen) atoms. The van der Waals surface area contributed by atoms with Gasteiger partial charge in [0.25, 0.3) is 0 Å². The third kappa shape index (κ3) is 4.45. The molecule has 2 aromatic heterocycles. The fourth-order valence-corrected chi connectivity index (χ4v) is 2.31. The van der Waals surface area contributed by atoms with Crippen LogP contribution in [0.2, 0.25) is 0 Å². The number of aryl methyl sites for hydroxylation is 2. The van der Waals surface area contributed by atoms with Crippen molar-refractivity contribution in [2.75, 3.05) is 0 Å². The predicted octanol–water partition coefficient (Wildman–Crippen LogP) is 1.17. The minimum atomic E-state index is -0.116. The number of carbonyl (C=O) groups is 1. The molecule has 0 saturated carbocycles. The monoisotopic (exact) mass is 322 g/mol. The summed E-state index contributed by atoms with van der Waals surface area (Å²) < 4.78 is 1.68. The largest absolute Gasteiger partial charge is 0.352 e. The number of rotatable bonds is 7. The zero-order valence-electron chi connectivity index (χ0n) is 13.2. The summed E-state index contributed by atoms with van der Waals surface area (Å²) in [4.78, 5) is 16.1. The van der Waals surface area contributed by atoms with Crippen LogP contribution in [0.15, 0.2) is 54.9 Å². The Kier molecular flexibility index (Phi) is 5.24. The van der Waals surface area contributed by atoms with Crippen molar-refractivity contribution in [2.24, 2.45) is 0 Å². The van der Waals surface area contributed by atoms with Crippen LogP contribution in [-0.4, -0.2) is 31.1 Å². The van der Waals surface area contributed by atoms with E-state index in [0.29, 0.717) is 18.9 Å². The Morgan fingerprint density at radius 2 is 1.92 bits per heavy atom. The maximum absolute atomic E-state index is 12.1. The van der Waals surface area contributed by atoms with E-state index in [1.807, 2.05) is 30.3 Å². The van der Waals surface area contributed by atoms with Crippen molar-refractivity contribution in [1.82, 2.24) is 30.5 Å². The molecule has 0 aliphatic heterocycles. The number of nitrogens with one attached hydrogen (secondary N) is 1. The fraction of sp³-hybridized carbons (Fsp3) is 0.235. The number of aromatic nitrogens is 5.